The van der Waals surface area contributed by atoms with Crippen molar-refractivity contribution >= 4 is 12.0 Å². The van der Waals surface area contributed by atoms with Crippen LogP contribution in [0.15, 0.2) is 36.4 Å². The molecule has 0 unspecified atom stereocenters. The second-order valence-corrected chi connectivity index (χ2v) is 7.97. The Kier molecular flexibility index (Phi) is 16.4. The SMILES string of the molecule is C1=CC1.CCCCCCCCCCCCCCCCNc1ccc(C=O)cc1. The first-order chi connectivity index (χ1) is 13.9. The summed E-state index contributed by atoms with van der Waals surface area (Å²) < 4.78 is 0. The molecular formula is C26H43NO. The normalized spacial score (nSPS) is 11.6. The van der Waals surface area contributed by atoms with E-state index >= 15 is 0 Å². The number of carbonyl (C=O) groups excluding carboxylic acids is 1. The van der Waals surface area contributed by atoms with Crippen molar-refractivity contribution in [3.8, 4) is 0 Å². The molecule has 1 N–H and O–H groups in total. The quantitative estimate of drug-likeness (QED) is 0.166. The molecule has 28 heavy (non-hydrogen) atoms. The van der Waals surface area contributed by atoms with E-state index in [2.05, 4.69) is 24.4 Å². The van der Waals surface area contributed by atoms with Gasteiger partial charge in [0.1, 0.15) is 6.29 Å². The highest BCUT2D eigenvalue weighted by atomic mass is 16.1. The summed E-state index contributed by atoms with van der Waals surface area (Å²) in [5.41, 5.74) is 1.85. The van der Waals surface area contributed by atoms with E-state index < -0.39 is 0 Å². The van der Waals surface area contributed by atoms with Gasteiger partial charge in [0.2, 0.25) is 0 Å². The third kappa shape index (κ3) is 16.6. The smallest absolute Gasteiger partial charge is 0.150 e. The van der Waals surface area contributed by atoms with Crippen molar-refractivity contribution in [3.05, 3.63) is 42.0 Å². The highest BCUT2D eigenvalue weighted by molar-refractivity contribution is 5.75. The number of rotatable bonds is 17. The lowest BCUT2D eigenvalue weighted by Crippen LogP contribution is -2.01. The van der Waals surface area contributed by atoms with Crippen LogP contribution in [0.4, 0.5) is 5.69 Å². The Balaban J connectivity index is 0.00000118. The van der Waals surface area contributed by atoms with Crippen LogP contribution >= 0.6 is 0 Å². The van der Waals surface area contributed by atoms with Crippen LogP contribution in [0.2, 0.25) is 0 Å². The molecule has 0 amide bonds. The van der Waals surface area contributed by atoms with Gasteiger partial charge >= 0.3 is 0 Å². The molecule has 1 aromatic rings. The number of unbranched alkanes of at least 4 members (excludes halogenated alkanes) is 13. The summed E-state index contributed by atoms with van der Waals surface area (Å²) in [5, 5.41) is 3.42. The van der Waals surface area contributed by atoms with Gasteiger partial charge in [-0.15, -0.1) is 0 Å². The molecule has 0 saturated carbocycles. The monoisotopic (exact) mass is 385 g/mol. The summed E-state index contributed by atoms with van der Waals surface area (Å²) in [7, 11) is 0. The molecule has 1 aliphatic carbocycles. The van der Waals surface area contributed by atoms with Crippen LogP contribution in [-0.4, -0.2) is 12.8 Å². The summed E-state index contributed by atoms with van der Waals surface area (Å²) in [5.74, 6) is 0. The van der Waals surface area contributed by atoms with E-state index in [-0.39, 0.29) is 0 Å². The van der Waals surface area contributed by atoms with Crippen LogP contribution in [0, 0.1) is 0 Å². The first-order valence-electron chi connectivity index (χ1n) is 11.8. The van der Waals surface area contributed by atoms with Crippen molar-refractivity contribution in [3.63, 3.8) is 0 Å². The molecular weight excluding hydrogens is 342 g/mol. The average Bonchev–Trinajstić information content (AvgIpc) is 3.61. The molecule has 2 heteroatoms. The predicted molar refractivity (Wildman–Crippen MR) is 124 cm³/mol. The van der Waals surface area contributed by atoms with E-state index in [0.717, 1.165) is 24.1 Å². The largest absolute Gasteiger partial charge is 0.385 e. The third-order valence-electron chi connectivity index (χ3n) is 5.14. The number of benzene rings is 1. The number of anilines is 1. The van der Waals surface area contributed by atoms with Crippen molar-refractivity contribution < 1.29 is 4.79 Å². The highest BCUT2D eigenvalue weighted by Gasteiger charge is 1.95. The lowest BCUT2D eigenvalue weighted by molar-refractivity contribution is 0.112. The number of carbonyl (C=O) groups is 1. The van der Waals surface area contributed by atoms with Crippen LogP contribution in [-0.2, 0) is 0 Å². The standard InChI is InChI=1S/C23H39NO.C3H4/c1-2-3-4-5-6-7-8-9-10-11-12-13-14-15-20-24-23-18-16-22(21-25)17-19-23;1-2-3-1/h16-19,21,24H,2-15,20H2,1H3;1-2H,3H2. The summed E-state index contributed by atoms with van der Waals surface area (Å²) in [6, 6.07) is 7.68. The maximum Gasteiger partial charge on any atom is 0.150 e. The Morgan fingerprint density at radius 1 is 0.714 bits per heavy atom. The van der Waals surface area contributed by atoms with Gasteiger partial charge in [0, 0.05) is 17.8 Å². The fourth-order valence-corrected chi connectivity index (χ4v) is 3.23. The molecule has 0 aromatic heterocycles. The van der Waals surface area contributed by atoms with E-state index in [9.17, 15) is 4.79 Å². The fraction of sp³-hybridized carbons (Fsp3) is 0.654. The Hall–Kier alpha value is -1.57. The molecule has 0 saturated heterocycles. The molecule has 0 bridgehead atoms. The minimum absolute atomic E-state index is 0.738. The van der Waals surface area contributed by atoms with Crippen molar-refractivity contribution in [1.29, 1.82) is 0 Å². The van der Waals surface area contributed by atoms with Gasteiger partial charge in [0.25, 0.3) is 0 Å². The van der Waals surface area contributed by atoms with Gasteiger partial charge in [-0.1, -0.05) is 103 Å². The molecule has 0 spiro atoms. The zero-order valence-electron chi connectivity index (χ0n) is 18.3. The lowest BCUT2D eigenvalue weighted by atomic mass is 10.0. The molecule has 0 radical (unpaired) electrons. The summed E-state index contributed by atoms with van der Waals surface area (Å²) in [6.45, 7) is 3.31. The number of hydrogen-bond acceptors (Lipinski definition) is 2. The van der Waals surface area contributed by atoms with Gasteiger partial charge in [-0.3, -0.25) is 4.79 Å². The Labute approximate surface area is 174 Å². The molecule has 2 nitrogen and oxygen atoms in total. The van der Waals surface area contributed by atoms with Crippen LogP contribution in [0.1, 0.15) is 114 Å². The van der Waals surface area contributed by atoms with Crippen molar-refractivity contribution in [2.45, 2.75) is 103 Å². The molecule has 158 valence electrons. The molecule has 1 aliphatic rings. The molecule has 0 aliphatic heterocycles. The molecule has 2 rings (SSSR count). The van der Waals surface area contributed by atoms with Crippen molar-refractivity contribution in [1.82, 2.24) is 0 Å². The van der Waals surface area contributed by atoms with E-state index in [4.69, 9.17) is 0 Å². The summed E-state index contributed by atoms with van der Waals surface area (Å²) >= 11 is 0. The zero-order valence-corrected chi connectivity index (χ0v) is 18.3. The Morgan fingerprint density at radius 3 is 1.54 bits per heavy atom. The second kappa shape index (κ2) is 18.8. The fourth-order valence-electron chi connectivity index (χ4n) is 3.23. The van der Waals surface area contributed by atoms with Crippen LogP contribution < -0.4 is 5.32 Å². The van der Waals surface area contributed by atoms with Gasteiger partial charge in [0.05, 0.1) is 0 Å². The maximum absolute atomic E-state index is 10.6. The number of aldehydes is 1. The van der Waals surface area contributed by atoms with Crippen LogP contribution in [0.5, 0.6) is 0 Å². The first kappa shape index (κ1) is 24.5. The molecule has 0 fully saturated rings. The third-order valence-corrected chi connectivity index (χ3v) is 5.14. The number of hydrogen-bond donors (Lipinski definition) is 1. The average molecular weight is 386 g/mol. The minimum Gasteiger partial charge on any atom is -0.385 e. The van der Waals surface area contributed by atoms with E-state index in [1.807, 2.05) is 24.3 Å². The number of nitrogens with one attached hydrogen (secondary N) is 1. The van der Waals surface area contributed by atoms with Gasteiger partial charge < -0.3 is 5.32 Å². The van der Waals surface area contributed by atoms with E-state index in [0.29, 0.717) is 0 Å². The van der Waals surface area contributed by atoms with E-state index in [1.165, 1.54) is 96.3 Å². The van der Waals surface area contributed by atoms with Crippen molar-refractivity contribution in [2.24, 2.45) is 0 Å². The van der Waals surface area contributed by atoms with Crippen LogP contribution in [0.25, 0.3) is 0 Å². The van der Waals surface area contributed by atoms with Gasteiger partial charge in [0.15, 0.2) is 0 Å². The Bertz CT molecular complexity index is 488. The second-order valence-electron chi connectivity index (χ2n) is 7.97. The van der Waals surface area contributed by atoms with Crippen molar-refractivity contribution in [2.75, 3.05) is 11.9 Å². The summed E-state index contributed by atoms with van der Waals surface area (Å²) in [6.07, 6.45) is 26.0. The minimum atomic E-state index is 0.738. The molecule has 0 heterocycles. The Morgan fingerprint density at radius 2 is 1.14 bits per heavy atom. The molecule has 1 aromatic carbocycles. The van der Waals surface area contributed by atoms with Crippen LogP contribution in [0.3, 0.4) is 0 Å². The zero-order chi connectivity index (χ0) is 20.1. The van der Waals surface area contributed by atoms with E-state index in [1.54, 1.807) is 0 Å². The summed E-state index contributed by atoms with van der Waals surface area (Å²) in [4.78, 5) is 10.6. The van der Waals surface area contributed by atoms with Gasteiger partial charge in [-0.2, -0.15) is 0 Å². The van der Waals surface area contributed by atoms with Gasteiger partial charge in [-0.25, -0.2) is 0 Å². The molecule has 0 atom stereocenters. The topological polar surface area (TPSA) is 29.1 Å². The predicted octanol–water partition coefficient (Wildman–Crippen LogP) is 8.34. The van der Waals surface area contributed by atoms with Gasteiger partial charge in [-0.05, 0) is 37.1 Å². The maximum atomic E-state index is 10.6. The lowest BCUT2D eigenvalue weighted by Gasteiger charge is -2.06. The first-order valence-corrected chi connectivity index (χ1v) is 11.8. The highest BCUT2D eigenvalue weighted by Crippen LogP contribution is 2.13. The number of allylic oxidation sites excluding steroid dienone is 2.